The van der Waals surface area contributed by atoms with Gasteiger partial charge in [-0.05, 0) is 67.4 Å². The Hall–Kier alpha value is -4.33. The lowest BCUT2D eigenvalue weighted by atomic mass is 10.1. The summed E-state index contributed by atoms with van der Waals surface area (Å²) in [4.78, 5) is 32.4. The second-order valence-corrected chi connectivity index (χ2v) is 8.39. The van der Waals surface area contributed by atoms with Gasteiger partial charge in [-0.15, -0.1) is 0 Å². The monoisotopic (exact) mass is 470 g/mol. The number of rotatable bonds is 7. The summed E-state index contributed by atoms with van der Waals surface area (Å²) in [5, 5.41) is 2.91. The van der Waals surface area contributed by atoms with E-state index in [1.165, 1.54) is 0 Å². The van der Waals surface area contributed by atoms with Crippen molar-refractivity contribution in [1.29, 1.82) is 0 Å². The largest absolute Gasteiger partial charge is 0.497 e. The van der Waals surface area contributed by atoms with Crippen LogP contribution in [0.5, 0.6) is 11.5 Å². The van der Waals surface area contributed by atoms with Gasteiger partial charge in [0.15, 0.2) is 0 Å². The molecule has 1 atom stereocenters. The molecule has 178 valence electrons. The van der Waals surface area contributed by atoms with E-state index in [0.29, 0.717) is 35.7 Å². The second-order valence-electron chi connectivity index (χ2n) is 8.39. The molecule has 0 bridgehead atoms. The van der Waals surface area contributed by atoms with Gasteiger partial charge in [-0.3, -0.25) is 9.59 Å². The first-order chi connectivity index (χ1) is 17.1. The van der Waals surface area contributed by atoms with Gasteiger partial charge < -0.3 is 24.1 Å². The van der Waals surface area contributed by atoms with E-state index in [0.717, 1.165) is 17.8 Å². The molecule has 4 aromatic rings. The molecule has 0 aliphatic carbocycles. The predicted molar refractivity (Wildman–Crippen MR) is 132 cm³/mol. The van der Waals surface area contributed by atoms with Crippen LogP contribution in [-0.2, 0) is 11.4 Å². The van der Waals surface area contributed by atoms with Gasteiger partial charge in [0.25, 0.3) is 5.91 Å². The van der Waals surface area contributed by atoms with Crippen LogP contribution in [0.3, 0.4) is 0 Å². The van der Waals surface area contributed by atoms with E-state index in [9.17, 15) is 9.59 Å². The summed E-state index contributed by atoms with van der Waals surface area (Å²) >= 11 is 0. The minimum absolute atomic E-state index is 0.185. The molecule has 0 saturated carbocycles. The molecule has 8 heteroatoms. The average molecular weight is 471 g/mol. The Morgan fingerprint density at radius 1 is 1.06 bits per heavy atom. The highest BCUT2D eigenvalue weighted by Gasteiger charge is 2.34. The summed E-state index contributed by atoms with van der Waals surface area (Å²) in [6.07, 6.45) is 5.25. The van der Waals surface area contributed by atoms with E-state index in [4.69, 9.17) is 9.47 Å². The number of carbonyl (C=O) groups is 2. The number of methoxy groups -OCH3 is 1. The Labute approximate surface area is 203 Å². The van der Waals surface area contributed by atoms with Crippen molar-refractivity contribution in [2.24, 2.45) is 0 Å². The molecular formula is C27H26N4O4. The zero-order chi connectivity index (χ0) is 24.2. The first-order valence-electron chi connectivity index (χ1n) is 11.5. The fraction of sp³-hybridized carbons (Fsp3) is 0.222. The molecule has 1 aliphatic heterocycles. The van der Waals surface area contributed by atoms with Gasteiger partial charge in [-0.25, -0.2) is 4.98 Å². The number of anilines is 1. The molecule has 2 amide bonds. The lowest BCUT2D eigenvalue weighted by Crippen LogP contribution is -2.43. The van der Waals surface area contributed by atoms with Crippen LogP contribution in [0.2, 0.25) is 0 Å². The first-order valence-corrected chi connectivity index (χ1v) is 11.5. The molecule has 0 spiro atoms. The van der Waals surface area contributed by atoms with E-state index in [2.05, 4.69) is 10.3 Å². The molecule has 2 aromatic heterocycles. The lowest BCUT2D eigenvalue weighted by Gasteiger charge is -2.24. The number of hydrogen-bond donors (Lipinski definition) is 1. The summed E-state index contributed by atoms with van der Waals surface area (Å²) in [6.45, 7) is 0.821. The van der Waals surface area contributed by atoms with Crippen LogP contribution >= 0.6 is 0 Å². The van der Waals surface area contributed by atoms with Crippen LogP contribution in [0, 0.1) is 0 Å². The average Bonchev–Trinajstić information content (AvgIpc) is 3.55. The molecule has 1 aliphatic rings. The van der Waals surface area contributed by atoms with E-state index in [-0.39, 0.29) is 18.4 Å². The van der Waals surface area contributed by atoms with Crippen molar-refractivity contribution < 1.29 is 19.1 Å². The number of amides is 2. The SMILES string of the molecule is COc1ccc(NC(=O)C2CCCN2C(=O)c2cccc(OCc3cn4ccccc4n3)c2)cc1. The molecule has 1 saturated heterocycles. The molecule has 1 unspecified atom stereocenters. The quantitative estimate of drug-likeness (QED) is 0.438. The fourth-order valence-corrected chi connectivity index (χ4v) is 4.28. The number of benzene rings is 2. The number of carbonyl (C=O) groups excluding carboxylic acids is 2. The third-order valence-corrected chi connectivity index (χ3v) is 6.06. The minimum atomic E-state index is -0.521. The molecule has 2 aromatic carbocycles. The Kier molecular flexibility index (Phi) is 6.34. The van der Waals surface area contributed by atoms with E-state index in [1.54, 1.807) is 54.5 Å². The van der Waals surface area contributed by atoms with Gasteiger partial charge in [0.2, 0.25) is 5.91 Å². The maximum absolute atomic E-state index is 13.3. The molecule has 35 heavy (non-hydrogen) atoms. The van der Waals surface area contributed by atoms with Gasteiger partial charge in [0.05, 0.1) is 12.8 Å². The maximum atomic E-state index is 13.3. The van der Waals surface area contributed by atoms with Crippen LogP contribution in [-0.4, -0.2) is 45.8 Å². The van der Waals surface area contributed by atoms with Crippen molar-refractivity contribution in [3.8, 4) is 11.5 Å². The van der Waals surface area contributed by atoms with Crippen molar-refractivity contribution in [2.45, 2.75) is 25.5 Å². The maximum Gasteiger partial charge on any atom is 0.254 e. The topological polar surface area (TPSA) is 85.2 Å². The van der Waals surface area contributed by atoms with Crippen molar-refractivity contribution >= 4 is 23.1 Å². The number of nitrogens with zero attached hydrogens (tertiary/aromatic N) is 3. The standard InChI is InChI=1S/C27H26N4O4/c1-34-22-12-10-20(11-13-22)29-26(32)24-8-5-15-31(24)27(33)19-6-4-7-23(16-19)35-18-21-17-30-14-3-2-9-25(30)28-21/h2-4,6-7,9-14,16-17,24H,5,8,15,18H2,1H3,(H,29,32). The smallest absolute Gasteiger partial charge is 0.254 e. The zero-order valence-electron chi connectivity index (χ0n) is 19.4. The van der Waals surface area contributed by atoms with E-state index in [1.807, 2.05) is 41.1 Å². The lowest BCUT2D eigenvalue weighted by molar-refractivity contribution is -0.119. The van der Waals surface area contributed by atoms with Crippen LogP contribution in [0.25, 0.3) is 5.65 Å². The highest BCUT2D eigenvalue weighted by atomic mass is 16.5. The number of likely N-dealkylation sites (tertiary alicyclic amines) is 1. The Balaban J connectivity index is 1.24. The summed E-state index contributed by atoms with van der Waals surface area (Å²) in [7, 11) is 1.59. The highest BCUT2D eigenvalue weighted by molar-refractivity contribution is 6.01. The molecule has 3 heterocycles. The van der Waals surface area contributed by atoms with Gasteiger partial charge in [0, 0.05) is 30.2 Å². The second kappa shape index (κ2) is 9.89. The molecule has 0 radical (unpaired) electrons. The van der Waals surface area contributed by atoms with Crippen LogP contribution in [0.1, 0.15) is 28.9 Å². The van der Waals surface area contributed by atoms with Crippen LogP contribution in [0.15, 0.2) is 79.1 Å². The van der Waals surface area contributed by atoms with Crippen molar-refractivity contribution in [2.75, 3.05) is 19.0 Å². The molecule has 1 fully saturated rings. The number of ether oxygens (including phenoxy) is 2. The number of nitrogens with one attached hydrogen (secondary N) is 1. The van der Waals surface area contributed by atoms with Gasteiger partial charge in [0.1, 0.15) is 29.8 Å². The molecule has 1 N–H and O–H groups in total. The molecule has 5 rings (SSSR count). The summed E-state index contributed by atoms with van der Waals surface area (Å²) in [5.41, 5.74) is 2.80. The summed E-state index contributed by atoms with van der Waals surface area (Å²) in [6, 6.07) is 19.5. The third kappa shape index (κ3) is 4.96. The molecular weight excluding hydrogens is 444 g/mol. The van der Waals surface area contributed by atoms with E-state index >= 15 is 0 Å². The Bertz CT molecular complexity index is 1320. The fourth-order valence-electron chi connectivity index (χ4n) is 4.28. The van der Waals surface area contributed by atoms with Crippen molar-refractivity contribution in [3.05, 3.63) is 90.4 Å². The van der Waals surface area contributed by atoms with Gasteiger partial charge in [-0.1, -0.05) is 12.1 Å². The number of pyridine rings is 1. The number of aromatic nitrogens is 2. The van der Waals surface area contributed by atoms with E-state index < -0.39 is 6.04 Å². The van der Waals surface area contributed by atoms with Gasteiger partial charge in [-0.2, -0.15) is 0 Å². The van der Waals surface area contributed by atoms with Crippen LogP contribution < -0.4 is 14.8 Å². The number of imidazole rings is 1. The normalized spacial score (nSPS) is 15.2. The van der Waals surface area contributed by atoms with Crippen molar-refractivity contribution in [1.82, 2.24) is 14.3 Å². The Morgan fingerprint density at radius 2 is 1.91 bits per heavy atom. The minimum Gasteiger partial charge on any atom is -0.497 e. The van der Waals surface area contributed by atoms with Crippen LogP contribution in [0.4, 0.5) is 5.69 Å². The number of hydrogen-bond acceptors (Lipinski definition) is 5. The number of fused-ring (bicyclic) bond motifs is 1. The molecule has 8 nitrogen and oxygen atoms in total. The van der Waals surface area contributed by atoms with Gasteiger partial charge >= 0.3 is 0 Å². The summed E-state index contributed by atoms with van der Waals surface area (Å²) in [5.74, 6) is 0.908. The summed E-state index contributed by atoms with van der Waals surface area (Å²) < 4.78 is 13.0. The Morgan fingerprint density at radius 3 is 2.71 bits per heavy atom. The predicted octanol–water partition coefficient (Wildman–Crippen LogP) is 4.17. The van der Waals surface area contributed by atoms with Crippen molar-refractivity contribution in [3.63, 3.8) is 0 Å². The zero-order valence-corrected chi connectivity index (χ0v) is 19.4. The highest BCUT2D eigenvalue weighted by Crippen LogP contribution is 2.24. The third-order valence-electron chi connectivity index (χ3n) is 6.06. The first kappa shape index (κ1) is 22.5.